The van der Waals surface area contributed by atoms with Gasteiger partial charge in [-0.3, -0.25) is 9.36 Å². The van der Waals surface area contributed by atoms with Crippen LogP contribution in [-0.4, -0.2) is 15.3 Å². The van der Waals surface area contributed by atoms with Gasteiger partial charge in [0.05, 0.1) is 17.2 Å². The highest BCUT2D eigenvalue weighted by Crippen LogP contribution is 2.29. The Balaban J connectivity index is 2.79. The fourth-order valence-corrected chi connectivity index (χ4v) is 3.80. The van der Waals surface area contributed by atoms with Crippen molar-refractivity contribution in [3.05, 3.63) is 20.8 Å². The molecule has 0 saturated carbocycles. The molecule has 0 radical (unpaired) electrons. The summed E-state index contributed by atoms with van der Waals surface area (Å²) < 4.78 is 1.68. The molecule has 0 saturated heterocycles. The maximum Gasteiger partial charge on any atom is 0.263 e. The lowest BCUT2D eigenvalue weighted by Gasteiger charge is -2.14. The Bertz CT molecular complexity index is 722. The molecule has 2 rings (SSSR count). The van der Waals surface area contributed by atoms with Gasteiger partial charge in [0.2, 0.25) is 0 Å². The normalized spacial score (nSPS) is 11.2. The summed E-state index contributed by atoms with van der Waals surface area (Å²) in [6.07, 6.45) is 0. The second-order valence-electron chi connectivity index (χ2n) is 4.57. The molecule has 0 aromatic carbocycles. The van der Waals surface area contributed by atoms with Crippen LogP contribution in [0.15, 0.2) is 9.95 Å². The zero-order chi connectivity index (χ0) is 14.2. The molecule has 2 aromatic rings. The third-order valence-corrected chi connectivity index (χ3v) is 4.91. The highest BCUT2D eigenvalue weighted by atomic mass is 32.2. The first kappa shape index (κ1) is 14.1. The number of rotatable bonds is 3. The van der Waals surface area contributed by atoms with Gasteiger partial charge in [0.1, 0.15) is 4.83 Å². The van der Waals surface area contributed by atoms with Gasteiger partial charge >= 0.3 is 0 Å². The van der Waals surface area contributed by atoms with E-state index in [-0.39, 0.29) is 11.6 Å². The maximum atomic E-state index is 12.6. The minimum absolute atomic E-state index is 0.00212. The molecule has 0 N–H and O–H groups in total. The molecule has 0 aliphatic rings. The van der Waals surface area contributed by atoms with Crippen LogP contribution in [0.2, 0.25) is 0 Å². The van der Waals surface area contributed by atoms with E-state index in [9.17, 15) is 4.79 Å². The van der Waals surface area contributed by atoms with Crippen molar-refractivity contribution in [2.24, 2.45) is 0 Å². The van der Waals surface area contributed by atoms with E-state index in [1.54, 1.807) is 15.9 Å². The van der Waals surface area contributed by atoms with Gasteiger partial charge in [0.25, 0.3) is 5.56 Å². The van der Waals surface area contributed by atoms with Crippen LogP contribution in [-0.2, 0) is 0 Å². The molecule has 0 aliphatic heterocycles. The van der Waals surface area contributed by atoms with Crippen LogP contribution in [0, 0.1) is 25.2 Å². The summed E-state index contributed by atoms with van der Waals surface area (Å²) in [5.74, 6) is 0.300. The van der Waals surface area contributed by atoms with Crippen molar-refractivity contribution in [3.8, 4) is 6.07 Å². The smallest absolute Gasteiger partial charge is 0.263 e. The zero-order valence-electron chi connectivity index (χ0n) is 11.4. The highest BCUT2D eigenvalue weighted by Gasteiger charge is 2.18. The number of hydrogen-bond acceptors (Lipinski definition) is 5. The first-order valence-corrected chi connectivity index (χ1v) is 7.79. The SMILES string of the molecule is Cc1sc2nc(SCC#N)n(C(C)C)c(=O)c2c1C. The van der Waals surface area contributed by atoms with Crippen molar-refractivity contribution in [1.29, 1.82) is 5.26 Å². The van der Waals surface area contributed by atoms with Crippen LogP contribution in [0.4, 0.5) is 0 Å². The molecule has 100 valence electrons. The number of aryl methyl sites for hydroxylation is 2. The van der Waals surface area contributed by atoms with Gasteiger partial charge in [0, 0.05) is 10.9 Å². The second-order valence-corrected chi connectivity index (χ2v) is 6.72. The molecular formula is C13H15N3OS2. The minimum Gasteiger partial charge on any atom is -0.284 e. The van der Waals surface area contributed by atoms with Crippen molar-refractivity contribution in [2.45, 2.75) is 38.9 Å². The molecule has 0 bridgehead atoms. The standard InChI is InChI=1S/C13H15N3OS2/c1-7(2)16-12(17)10-8(3)9(4)19-11(10)15-13(16)18-6-5-14/h7H,6H2,1-4H3. The van der Waals surface area contributed by atoms with Crippen molar-refractivity contribution in [1.82, 2.24) is 9.55 Å². The lowest BCUT2D eigenvalue weighted by molar-refractivity contribution is 0.519. The Kier molecular flexibility index (Phi) is 3.97. The quantitative estimate of drug-likeness (QED) is 0.643. The first-order chi connectivity index (χ1) is 8.97. The van der Waals surface area contributed by atoms with Crippen LogP contribution >= 0.6 is 23.1 Å². The van der Waals surface area contributed by atoms with Gasteiger partial charge in [-0.25, -0.2) is 4.98 Å². The van der Waals surface area contributed by atoms with Gasteiger partial charge in [-0.2, -0.15) is 5.26 Å². The summed E-state index contributed by atoms with van der Waals surface area (Å²) in [6.45, 7) is 7.88. The third kappa shape index (κ3) is 2.40. The largest absolute Gasteiger partial charge is 0.284 e. The fraction of sp³-hybridized carbons (Fsp3) is 0.462. The van der Waals surface area contributed by atoms with Crippen LogP contribution in [0.3, 0.4) is 0 Å². The van der Waals surface area contributed by atoms with Crippen LogP contribution < -0.4 is 5.56 Å². The van der Waals surface area contributed by atoms with Crippen LogP contribution in [0.5, 0.6) is 0 Å². The molecule has 0 fully saturated rings. The van der Waals surface area contributed by atoms with Gasteiger partial charge in [-0.05, 0) is 33.3 Å². The fourth-order valence-electron chi connectivity index (χ4n) is 1.94. The van der Waals surface area contributed by atoms with E-state index >= 15 is 0 Å². The summed E-state index contributed by atoms with van der Waals surface area (Å²) in [4.78, 5) is 19.1. The lowest BCUT2D eigenvalue weighted by Crippen LogP contribution is -2.25. The highest BCUT2D eigenvalue weighted by molar-refractivity contribution is 7.99. The Morgan fingerprint density at radius 3 is 2.74 bits per heavy atom. The second kappa shape index (κ2) is 5.35. The minimum atomic E-state index is 0.00212. The predicted molar refractivity (Wildman–Crippen MR) is 80.1 cm³/mol. The monoisotopic (exact) mass is 293 g/mol. The molecule has 0 aliphatic carbocycles. The van der Waals surface area contributed by atoms with E-state index in [2.05, 4.69) is 11.1 Å². The topological polar surface area (TPSA) is 58.7 Å². The molecule has 0 amide bonds. The number of hydrogen-bond donors (Lipinski definition) is 0. The summed E-state index contributed by atoms with van der Waals surface area (Å²) in [7, 11) is 0. The molecule has 2 heterocycles. The molecule has 0 atom stereocenters. The average Bonchev–Trinajstić information content (AvgIpc) is 2.62. The van der Waals surface area contributed by atoms with E-state index in [0.29, 0.717) is 10.9 Å². The number of nitriles is 1. The van der Waals surface area contributed by atoms with Gasteiger partial charge in [-0.15, -0.1) is 11.3 Å². The maximum absolute atomic E-state index is 12.6. The van der Waals surface area contributed by atoms with E-state index in [1.807, 2.05) is 27.7 Å². The predicted octanol–water partition coefficient (Wildman–Crippen LogP) is 3.27. The molecule has 6 heteroatoms. The van der Waals surface area contributed by atoms with Gasteiger partial charge in [0.15, 0.2) is 5.16 Å². The summed E-state index contributed by atoms with van der Waals surface area (Å²) in [5, 5.41) is 10.1. The van der Waals surface area contributed by atoms with Crippen LogP contribution in [0.25, 0.3) is 10.2 Å². The first-order valence-electron chi connectivity index (χ1n) is 5.99. The Morgan fingerprint density at radius 1 is 1.47 bits per heavy atom. The van der Waals surface area contributed by atoms with Crippen LogP contribution in [0.1, 0.15) is 30.3 Å². The molecule has 0 spiro atoms. The Hall–Kier alpha value is -1.32. The average molecular weight is 293 g/mol. The Morgan fingerprint density at radius 2 is 2.16 bits per heavy atom. The zero-order valence-corrected chi connectivity index (χ0v) is 13.0. The molecule has 19 heavy (non-hydrogen) atoms. The molecule has 2 aromatic heterocycles. The van der Waals surface area contributed by atoms with Gasteiger partial charge < -0.3 is 0 Å². The third-order valence-electron chi connectivity index (χ3n) is 2.98. The molecular weight excluding hydrogens is 278 g/mol. The van der Waals surface area contributed by atoms with E-state index in [1.165, 1.54) is 11.8 Å². The van der Waals surface area contributed by atoms with Gasteiger partial charge in [-0.1, -0.05) is 11.8 Å². The number of thioether (sulfide) groups is 1. The Labute approximate surface area is 120 Å². The van der Waals surface area contributed by atoms with Crippen molar-refractivity contribution in [2.75, 3.05) is 5.75 Å². The summed E-state index contributed by atoms with van der Waals surface area (Å²) in [5.41, 5.74) is 1.02. The number of nitrogens with zero attached hydrogens (tertiary/aromatic N) is 3. The van der Waals surface area contributed by atoms with Crippen molar-refractivity contribution < 1.29 is 0 Å². The number of thiophene rings is 1. The van der Waals surface area contributed by atoms with E-state index in [0.717, 1.165) is 20.7 Å². The number of fused-ring (bicyclic) bond motifs is 1. The van der Waals surface area contributed by atoms with E-state index < -0.39 is 0 Å². The molecule has 4 nitrogen and oxygen atoms in total. The molecule has 0 unspecified atom stereocenters. The van der Waals surface area contributed by atoms with E-state index in [4.69, 9.17) is 5.26 Å². The van der Waals surface area contributed by atoms with Crippen molar-refractivity contribution >= 4 is 33.3 Å². The summed E-state index contributed by atoms with van der Waals surface area (Å²) >= 11 is 2.86. The van der Waals surface area contributed by atoms with Crippen molar-refractivity contribution in [3.63, 3.8) is 0 Å². The number of aromatic nitrogens is 2. The lowest BCUT2D eigenvalue weighted by atomic mass is 10.2. The summed E-state index contributed by atoms with van der Waals surface area (Å²) in [6, 6.07) is 2.11.